The van der Waals surface area contributed by atoms with Gasteiger partial charge in [-0.05, 0) is 36.5 Å². The van der Waals surface area contributed by atoms with E-state index in [1.54, 1.807) is 0 Å². The number of hydrogen-bond donors (Lipinski definition) is 0. The third kappa shape index (κ3) is 1.04. The van der Waals surface area contributed by atoms with E-state index in [0.717, 1.165) is 23.7 Å². The van der Waals surface area contributed by atoms with Gasteiger partial charge in [0.2, 0.25) is 0 Å². The fraction of sp³-hybridized carbons (Fsp3) is 0.818. The summed E-state index contributed by atoms with van der Waals surface area (Å²) in [5.41, 5.74) is 0. The van der Waals surface area contributed by atoms with Crippen molar-refractivity contribution >= 4 is 0 Å². The first-order valence-corrected chi connectivity index (χ1v) is 4.99. The van der Waals surface area contributed by atoms with Crippen LogP contribution in [0.3, 0.4) is 0 Å². The lowest BCUT2D eigenvalue weighted by Crippen LogP contribution is -2.09. The largest absolute Gasteiger partial charge is 0.0879 e. The molecule has 0 aliphatic heterocycles. The molecule has 0 aromatic rings. The highest BCUT2D eigenvalue weighted by atomic mass is 14.4. The Kier molecular flexibility index (Phi) is 1.78. The summed E-state index contributed by atoms with van der Waals surface area (Å²) in [6.45, 7) is 4.77. The predicted octanol–water partition coefficient (Wildman–Crippen LogP) is 3.24. The Hall–Kier alpha value is -0.260. The quantitative estimate of drug-likeness (QED) is 0.503. The molecule has 1 saturated carbocycles. The molecule has 0 amide bonds. The lowest BCUT2D eigenvalue weighted by Gasteiger charge is -2.15. The number of rotatable bonds is 1. The highest BCUT2D eigenvalue weighted by Crippen LogP contribution is 2.48. The highest BCUT2D eigenvalue weighted by molar-refractivity contribution is 5.08. The summed E-state index contributed by atoms with van der Waals surface area (Å²) in [6, 6.07) is 0. The van der Waals surface area contributed by atoms with Crippen LogP contribution >= 0.6 is 0 Å². The second kappa shape index (κ2) is 2.66. The molecule has 0 bridgehead atoms. The molecule has 0 nitrogen and oxygen atoms in total. The van der Waals surface area contributed by atoms with Crippen LogP contribution < -0.4 is 0 Å². The Bertz CT molecular complexity index is 169. The molecule has 11 heavy (non-hydrogen) atoms. The van der Waals surface area contributed by atoms with Crippen molar-refractivity contribution in [2.45, 2.75) is 33.1 Å². The van der Waals surface area contributed by atoms with Gasteiger partial charge in [-0.2, -0.15) is 0 Å². The van der Waals surface area contributed by atoms with E-state index in [9.17, 15) is 0 Å². The van der Waals surface area contributed by atoms with Crippen molar-refractivity contribution in [2.24, 2.45) is 23.7 Å². The summed E-state index contributed by atoms with van der Waals surface area (Å²) in [5.74, 6) is 3.96. The Morgan fingerprint density at radius 3 is 3.00 bits per heavy atom. The van der Waals surface area contributed by atoms with Crippen LogP contribution in [0.15, 0.2) is 12.2 Å². The average molecular weight is 150 g/mol. The highest BCUT2D eigenvalue weighted by Gasteiger charge is 2.39. The van der Waals surface area contributed by atoms with Gasteiger partial charge < -0.3 is 0 Å². The molecule has 2 aliphatic rings. The van der Waals surface area contributed by atoms with Gasteiger partial charge in [0.1, 0.15) is 0 Å². The molecule has 0 spiro atoms. The Balaban J connectivity index is 2.12. The molecule has 0 aromatic heterocycles. The average Bonchev–Trinajstić information content (AvgIpc) is 2.54. The van der Waals surface area contributed by atoms with E-state index in [-0.39, 0.29) is 0 Å². The van der Waals surface area contributed by atoms with Crippen molar-refractivity contribution in [3.05, 3.63) is 12.2 Å². The summed E-state index contributed by atoms with van der Waals surface area (Å²) >= 11 is 0. The maximum absolute atomic E-state index is 2.47. The van der Waals surface area contributed by atoms with E-state index in [0.29, 0.717) is 0 Å². The molecule has 0 saturated heterocycles. The topological polar surface area (TPSA) is 0 Å². The van der Waals surface area contributed by atoms with Gasteiger partial charge in [0.05, 0.1) is 0 Å². The third-order valence-electron chi connectivity index (χ3n) is 3.74. The van der Waals surface area contributed by atoms with Gasteiger partial charge in [-0.3, -0.25) is 0 Å². The fourth-order valence-electron chi connectivity index (χ4n) is 3.06. The summed E-state index contributed by atoms with van der Waals surface area (Å²) in [7, 11) is 0. The molecular weight excluding hydrogens is 132 g/mol. The standard InChI is InChI=1S/C11H18/c1-3-9-7-8(2)10-5-4-6-11(9)10/h4,6,8-11H,3,5,7H2,1-2H3. The lowest BCUT2D eigenvalue weighted by atomic mass is 9.89. The van der Waals surface area contributed by atoms with Gasteiger partial charge in [0, 0.05) is 0 Å². The van der Waals surface area contributed by atoms with Crippen molar-refractivity contribution in [2.75, 3.05) is 0 Å². The third-order valence-corrected chi connectivity index (χ3v) is 3.74. The molecule has 0 heterocycles. The monoisotopic (exact) mass is 150 g/mol. The van der Waals surface area contributed by atoms with E-state index in [1.807, 2.05) is 0 Å². The lowest BCUT2D eigenvalue weighted by molar-refractivity contribution is 0.370. The van der Waals surface area contributed by atoms with Gasteiger partial charge >= 0.3 is 0 Å². The zero-order valence-corrected chi connectivity index (χ0v) is 7.59. The van der Waals surface area contributed by atoms with E-state index in [2.05, 4.69) is 26.0 Å². The second-order valence-electron chi connectivity index (χ2n) is 4.29. The maximum atomic E-state index is 2.47. The van der Waals surface area contributed by atoms with E-state index < -0.39 is 0 Å². The summed E-state index contributed by atoms with van der Waals surface area (Å²) in [5, 5.41) is 0. The molecule has 2 rings (SSSR count). The SMILES string of the molecule is CCC1CC(C)C2CC=CC12. The minimum absolute atomic E-state index is 0.954. The Morgan fingerprint density at radius 2 is 2.27 bits per heavy atom. The van der Waals surface area contributed by atoms with Crippen LogP contribution in [0.5, 0.6) is 0 Å². The van der Waals surface area contributed by atoms with E-state index >= 15 is 0 Å². The van der Waals surface area contributed by atoms with Crippen LogP contribution in [0.2, 0.25) is 0 Å². The van der Waals surface area contributed by atoms with Crippen LogP contribution in [0.4, 0.5) is 0 Å². The molecule has 0 aromatic carbocycles. The van der Waals surface area contributed by atoms with Gasteiger partial charge in [-0.25, -0.2) is 0 Å². The molecule has 62 valence electrons. The van der Waals surface area contributed by atoms with Gasteiger partial charge in [-0.15, -0.1) is 0 Å². The zero-order valence-electron chi connectivity index (χ0n) is 7.59. The maximum Gasteiger partial charge on any atom is -0.0171 e. The minimum atomic E-state index is 0.954. The zero-order chi connectivity index (χ0) is 7.84. The molecule has 2 aliphatic carbocycles. The first-order valence-electron chi connectivity index (χ1n) is 4.99. The van der Waals surface area contributed by atoms with Crippen LogP contribution in [0.25, 0.3) is 0 Å². The summed E-state index contributed by atoms with van der Waals surface area (Å²) in [6.07, 6.45) is 9.10. The molecule has 1 fully saturated rings. The van der Waals surface area contributed by atoms with Crippen LogP contribution in [-0.4, -0.2) is 0 Å². The number of hydrogen-bond acceptors (Lipinski definition) is 0. The molecule has 4 atom stereocenters. The normalized spacial score (nSPS) is 48.2. The molecule has 0 N–H and O–H groups in total. The van der Waals surface area contributed by atoms with Crippen LogP contribution in [0.1, 0.15) is 33.1 Å². The summed E-state index contributed by atoms with van der Waals surface area (Å²) in [4.78, 5) is 0. The van der Waals surface area contributed by atoms with Crippen molar-refractivity contribution in [3.8, 4) is 0 Å². The predicted molar refractivity (Wildman–Crippen MR) is 48.3 cm³/mol. The second-order valence-corrected chi connectivity index (χ2v) is 4.29. The first kappa shape index (κ1) is 7.39. The Labute approximate surface area is 69.7 Å². The van der Waals surface area contributed by atoms with Gasteiger partial charge in [0.15, 0.2) is 0 Å². The molecular formula is C11H18. The Morgan fingerprint density at radius 1 is 1.45 bits per heavy atom. The fourth-order valence-corrected chi connectivity index (χ4v) is 3.06. The molecule has 4 unspecified atom stereocenters. The number of fused-ring (bicyclic) bond motifs is 1. The molecule has 0 heteroatoms. The van der Waals surface area contributed by atoms with Crippen LogP contribution in [-0.2, 0) is 0 Å². The minimum Gasteiger partial charge on any atom is -0.0879 e. The number of allylic oxidation sites excluding steroid dienone is 2. The van der Waals surface area contributed by atoms with Crippen molar-refractivity contribution < 1.29 is 0 Å². The molecule has 0 radical (unpaired) electrons. The van der Waals surface area contributed by atoms with Crippen LogP contribution in [0, 0.1) is 23.7 Å². The van der Waals surface area contributed by atoms with Crippen molar-refractivity contribution in [1.82, 2.24) is 0 Å². The van der Waals surface area contributed by atoms with Gasteiger partial charge in [0.25, 0.3) is 0 Å². The van der Waals surface area contributed by atoms with Crippen molar-refractivity contribution in [1.29, 1.82) is 0 Å². The van der Waals surface area contributed by atoms with E-state index in [4.69, 9.17) is 0 Å². The van der Waals surface area contributed by atoms with Crippen molar-refractivity contribution in [3.63, 3.8) is 0 Å². The van der Waals surface area contributed by atoms with Gasteiger partial charge in [-0.1, -0.05) is 32.4 Å². The van der Waals surface area contributed by atoms with E-state index in [1.165, 1.54) is 19.3 Å². The first-order chi connectivity index (χ1) is 5.33. The summed E-state index contributed by atoms with van der Waals surface area (Å²) < 4.78 is 0. The smallest absolute Gasteiger partial charge is 0.0171 e.